The molecule has 5 heteroatoms. The van der Waals surface area contributed by atoms with E-state index in [2.05, 4.69) is 26.0 Å². The molecule has 0 atom stereocenters. The Labute approximate surface area is 149 Å². The Morgan fingerprint density at radius 2 is 1.35 bits per heavy atom. The standard InChI is InChI=1S/C21H16N4O/c1-26-21-19-8-6-17(24-19)11-15-4-2-13(22-15)10-14-3-5-16(23-14)12-18-7-9-20(21)25-18/h2-12,22,24H,1H3. The molecule has 5 heterocycles. The number of nitrogens with zero attached hydrogens (tertiary/aromatic N) is 2. The van der Waals surface area contributed by atoms with Gasteiger partial charge in [-0.05, 0) is 66.8 Å². The van der Waals surface area contributed by atoms with E-state index in [9.17, 15) is 0 Å². The van der Waals surface area contributed by atoms with Gasteiger partial charge in [-0.1, -0.05) is 0 Å². The van der Waals surface area contributed by atoms with E-state index in [1.54, 1.807) is 7.11 Å². The second-order valence-electron chi connectivity index (χ2n) is 6.21. The van der Waals surface area contributed by atoms with Crippen LogP contribution in [0, 0.1) is 0 Å². The SMILES string of the molecule is COc1c2nc(cc3nc(cc4ccc(cc5ccc1[nH]5)[nH]4)C=C3)C=C2. The van der Waals surface area contributed by atoms with E-state index in [1.165, 1.54) is 0 Å². The van der Waals surface area contributed by atoms with Crippen molar-refractivity contribution in [3.05, 3.63) is 65.2 Å². The summed E-state index contributed by atoms with van der Waals surface area (Å²) in [6.07, 6.45) is 7.92. The van der Waals surface area contributed by atoms with Gasteiger partial charge in [-0.25, -0.2) is 9.97 Å². The molecule has 0 spiro atoms. The molecular formula is C21H16N4O. The van der Waals surface area contributed by atoms with Gasteiger partial charge < -0.3 is 14.7 Å². The van der Waals surface area contributed by atoms with Gasteiger partial charge >= 0.3 is 0 Å². The quantitative estimate of drug-likeness (QED) is 0.466. The first kappa shape index (κ1) is 14.7. The van der Waals surface area contributed by atoms with Crippen molar-refractivity contribution in [2.75, 3.05) is 7.11 Å². The van der Waals surface area contributed by atoms with Crippen molar-refractivity contribution in [1.29, 1.82) is 0 Å². The van der Waals surface area contributed by atoms with Gasteiger partial charge in [-0.3, -0.25) is 0 Å². The van der Waals surface area contributed by atoms with E-state index in [-0.39, 0.29) is 0 Å². The fourth-order valence-corrected chi connectivity index (χ4v) is 3.20. The predicted molar refractivity (Wildman–Crippen MR) is 105 cm³/mol. The summed E-state index contributed by atoms with van der Waals surface area (Å²) >= 11 is 0. The van der Waals surface area contributed by atoms with Crippen LogP contribution in [0.25, 0.3) is 46.4 Å². The molecule has 2 N–H and O–H groups in total. The third-order valence-electron chi connectivity index (χ3n) is 4.38. The number of ether oxygens (including phenoxy) is 1. The molecule has 0 aromatic carbocycles. The molecule has 5 rings (SSSR count). The second kappa shape index (κ2) is 5.74. The van der Waals surface area contributed by atoms with E-state index >= 15 is 0 Å². The van der Waals surface area contributed by atoms with Gasteiger partial charge in [0.15, 0.2) is 5.75 Å². The summed E-state index contributed by atoms with van der Waals surface area (Å²) in [7, 11) is 1.66. The highest BCUT2D eigenvalue weighted by atomic mass is 16.5. The lowest BCUT2D eigenvalue weighted by molar-refractivity contribution is 0.416. The van der Waals surface area contributed by atoms with Gasteiger partial charge in [-0.2, -0.15) is 0 Å². The molecule has 3 aromatic heterocycles. The maximum absolute atomic E-state index is 5.61. The van der Waals surface area contributed by atoms with Crippen LogP contribution in [0.4, 0.5) is 0 Å². The smallest absolute Gasteiger partial charge is 0.167 e. The van der Waals surface area contributed by atoms with Crippen LogP contribution in [0.3, 0.4) is 0 Å². The molecule has 0 saturated carbocycles. The lowest BCUT2D eigenvalue weighted by Crippen LogP contribution is -1.87. The van der Waals surface area contributed by atoms with E-state index in [0.717, 1.165) is 44.8 Å². The van der Waals surface area contributed by atoms with Crippen LogP contribution in [-0.4, -0.2) is 27.0 Å². The topological polar surface area (TPSA) is 66.6 Å². The molecule has 26 heavy (non-hydrogen) atoms. The number of hydrogen-bond acceptors (Lipinski definition) is 3. The third kappa shape index (κ3) is 2.59. The largest absolute Gasteiger partial charge is 0.492 e. The fourth-order valence-electron chi connectivity index (χ4n) is 3.20. The highest BCUT2D eigenvalue weighted by molar-refractivity contribution is 5.81. The summed E-state index contributed by atoms with van der Waals surface area (Å²) in [5.41, 5.74) is 7.35. The van der Waals surface area contributed by atoms with Crippen LogP contribution in [0.15, 0.2) is 42.5 Å². The normalized spacial score (nSPS) is 12.5. The van der Waals surface area contributed by atoms with Crippen molar-refractivity contribution in [2.24, 2.45) is 0 Å². The molecule has 2 aliphatic heterocycles. The number of hydrogen-bond donors (Lipinski definition) is 2. The Hall–Kier alpha value is -3.60. The molecule has 8 bridgehead atoms. The van der Waals surface area contributed by atoms with Crippen LogP contribution in [0.1, 0.15) is 22.8 Å². The molecule has 0 amide bonds. The third-order valence-corrected chi connectivity index (χ3v) is 4.38. The van der Waals surface area contributed by atoms with Gasteiger partial charge in [0.05, 0.1) is 29.7 Å². The zero-order valence-electron chi connectivity index (χ0n) is 14.2. The average molecular weight is 340 g/mol. The number of nitrogens with one attached hydrogen (secondary N) is 2. The van der Waals surface area contributed by atoms with Gasteiger partial charge in [0.2, 0.25) is 0 Å². The maximum atomic E-state index is 5.61. The molecular weight excluding hydrogens is 324 g/mol. The van der Waals surface area contributed by atoms with Crippen LogP contribution >= 0.6 is 0 Å². The van der Waals surface area contributed by atoms with Crippen molar-refractivity contribution in [2.45, 2.75) is 0 Å². The van der Waals surface area contributed by atoms with Gasteiger partial charge in [-0.15, -0.1) is 0 Å². The Bertz CT molecular complexity index is 1230. The maximum Gasteiger partial charge on any atom is 0.167 e. The minimum atomic E-state index is 0.716. The molecule has 0 radical (unpaired) electrons. The van der Waals surface area contributed by atoms with Gasteiger partial charge in [0.1, 0.15) is 5.69 Å². The summed E-state index contributed by atoms with van der Waals surface area (Å²) in [5.74, 6) is 0.716. The highest BCUT2D eigenvalue weighted by Gasteiger charge is 2.08. The van der Waals surface area contributed by atoms with Crippen LogP contribution in [0.2, 0.25) is 0 Å². The summed E-state index contributed by atoms with van der Waals surface area (Å²) in [5, 5.41) is 0. The van der Waals surface area contributed by atoms with Crippen molar-refractivity contribution < 1.29 is 4.74 Å². The van der Waals surface area contributed by atoms with Crippen molar-refractivity contribution >= 4 is 46.4 Å². The van der Waals surface area contributed by atoms with E-state index in [1.807, 2.05) is 60.7 Å². The highest BCUT2D eigenvalue weighted by Crippen LogP contribution is 2.26. The minimum Gasteiger partial charge on any atom is -0.492 e. The minimum absolute atomic E-state index is 0.716. The summed E-state index contributed by atoms with van der Waals surface area (Å²) in [6.45, 7) is 0. The molecule has 0 unspecified atom stereocenters. The summed E-state index contributed by atoms with van der Waals surface area (Å²) < 4.78 is 5.61. The van der Waals surface area contributed by atoms with Crippen molar-refractivity contribution in [3.8, 4) is 5.75 Å². The Morgan fingerprint density at radius 1 is 0.692 bits per heavy atom. The molecule has 0 fully saturated rings. The zero-order valence-corrected chi connectivity index (χ0v) is 14.2. The molecule has 0 aliphatic carbocycles. The predicted octanol–water partition coefficient (Wildman–Crippen LogP) is 4.66. The molecule has 5 nitrogen and oxygen atoms in total. The van der Waals surface area contributed by atoms with Crippen LogP contribution < -0.4 is 4.74 Å². The average Bonchev–Trinajstić information content (AvgIpc) is 3.39. The first-order valence-electron chi connectivity index (χ1n) is 8.38. The Morgan fingerprint density at radius 3 is 2.19 bits per heavy atom. The molecule has 3 aromatic rings. The first-order chi connectivity index (χ1) is 12.8. The number of aromatic nitrogens is 4. The van der Waals surface area contributed by atoms with E-state index in [0.29, 0.717) is 5.75 Å². The first-order valence-corrected chi connectivity index (χ1v) is 8.38. The van der Waals surface area contributed by atoms with Crippen molar-refractivity contribution in [3.63, 3.8) is 0 Å². The number of rotatable bonds is 1. The Balaban J connectivity index is 1.88. The number of H-pyrrole nitrogens is 2. The number of aromatic amines is 2. The monoisotopic (exact) mass is 340 g/mol. The molecule has 0 saturated heterocycles. The van der Waals surface area contributed by atoms with Gasteiger partial charge in [0.25, 0.3) is 0 Å². The Kier molecular flexibility index (Phi) is 3.25. The second-order valence-corrected chi connectivity index (χ2v) is 6.21. The zero-order chi connectivity index (χ0) is 17.5. The fraction of sp³-hybridized carbons (Fsp3) is 0.0476. The lowest BCUT2D eigenvalue weighted by Gasteiger charge is -1.99. The lowest BCUT2D eigenvalue weighted by atomic mass is 10.3. The number of methoxy groups -OCH3 is 1. The van der Waals surface area contributed by atoms with E-state index < -0.39 is 0 Å². The molecule has 2 aliphatic rings. The van der Waals surface area contributed by atoms with Crippen molar-refractivity contribution in [1.82, 2.24) is 19.9 Å². The van der Waals surface area contributed by atoms with E-state index in [4.69, 9.17) is 4.74 Å². The number of fused-ring (bicyclic) bond motifs is 8. The van der Waals surface area contributed by atoms with Crippen LogP contribution in [-0.2, 0) is 0 Å². The van der Waals surface area contributed by atoms with Crippen LogP contribution in [0.5, 0.6) is 5.75 Å². The van der Waals surface area contributed by atoms with Gasteiger partial charge in [0, 0.05) is 16.6 Å². The summed E-state index contributed by atoms with van der Waals surface area (Å²) in [6, 6.07) is 14.2. The molecule has 126 valence electrons. The summed E-state index contributed by atoms with van der Waals surface area (Å²) in [4.78, 5) is 16.1.